The second kappa shape index (κ2) is 5.49. The van der Waals surface area contributed by atoms with Gasteiger partial charge in [0.25, 0.3) is 0 Å². The number of nitrogens with zero attached hydrogens (tertiary/aromatic N) is 2. The Labute approximate surface area is 95.6 Å². The van der Waals surface area contributed by atoms with Gasteiger partial charge in [0.1, 0.15) is 0 Å². The maximum absolute atomic E-state index is 10.0. The fourth-order valence-electron chi connectivity index (χ4n) is 2.13. The Bertz CT molecular complexity index is 329. The summed E-state index contributed by atoms with van der Waals surface area (Å²) in [5.41, 5.74) is 4.38. The van der Waals surface area contributed by atoms with Crippen molar-refractivity contribution in [3.63, 3.8) is 0 Å². The Kier molecular flexibility index (Phi) is 3.75. The van der Waals surface area contributed by atoms with E-state index >= 15 is 0 Å². The SMILES string of the molecule is O=NNc1ccc(N2CCCCCC2)cc1. The molecule has 1 N–H and O–H groups in total. The first-order chi connectivity index (χ1) is 7.90. The summed E-state index contributed by atoms with van der Waals surface area (Å²) < 4.78 is 0. The van der Waals surface area contributed by atoms with Crippen molar-refractivity contribution in [1.82, 2.24) is 0 Å². The molecule has 0 aromatic heterocycles. The quantitative estimate of drug-likeness (QED) is 0.627. The van der Waals surface area contributed by atoms with Gasteiger partial charge in [0.2, 0.25) is 0 Å². The summed E-state index contributed by atoms with van der Waals surface area (Å²) in [6.45, 7) is 2.28. The molecular formula is C12H17N3O. The number of hydrogen-bond donors (Lipinski definition) is 1. The molecule has 86 valence electrons. The van der Waals surface area contributed by atoms with Gasteiger partial charge < -0.3 is 4.90 Å². The molecule has 4 nitrogen and oxygen atoms in total. The van der Waals surface area contributed by atoms with Crippen molar-refractivity contribution in [2.75, 3.05) is 23.4 Å². The van der Waals surface area contributed by atoms with E-state index in [4.69, 9.17) is 0 Å². The van der Waals surface area contributed by atoms with E-state index in [0.717, 1.165) is 18.8 Å². The smallest absolute Gasteiger partial charge is 0.0595 e. The fraction of sp³-hybridized carbons (Fsp3) is 0.500. The molecule has 0 amide bonds. The summed E-state index contributed by atoms with van der Waals surface area (Å²) in [7, 11) is 0. The van der Waals surface area contributed by atoms with Crippen LogP contribution in [0.4, 0.5) is 11.4 Å². The topological polar surface area (TPSA) is 44.7 Å². The molecule has 16 heavy (non-hydrogen) atoms. The van der Waals surface area contributed by atoms with E-state index in [9.17, 15) is 4.91 Å². The van der Waals surface area contributed by atoms with Crippen LogP contribution in [0.1, 0.15) is 25.7 Å². The van der Waals surface area contributed by atoms with Crippen molar-refractivity contribution in [2.45, 2.75) is 25.7 Å². The van der Waals surface area contributed by atoms with E-state index in [0.29, 0.717) is 0 Å². The molecule has 0 atom stereocenters. The normalized spacial score (nSPS) is 16.6. The van der Waals surface area contributed by atoms with Gasteiger partial charge in [-0.1, -0.05) is 12.8 Å². The standard InChI is InChI=1S/C12H17N3O/c16-14-13-11-5-7-12(8-6-11)15-9-3-1-2-4-10-15/h5-8H,1-4,9-10H2,(H,13,16). The molecule has 1 aromatic carbocycles. The number of nitroso groups, excluding NO2 is 1. The lowest BCUT2D eigenvalue weighted by atomic mass is 10.2. The van der Waals surface area contributed by atoms with Crippen LogP contribution in [0.25, 0.3) is 0 Å². The third-order valence-electron chi connectivity index (χ3n) is 3.01. The van der Waals surface area contributed by atoms with E-state index in [1.807, 2.05) is 24.3 Å². The van der Waals surface area contributed by atoms with Crippen molar-refractivity contribution in [2.24, 2.45) is 5.29 Å². The Morgan fingerprint density at radius 2 is 1.62 bits per heavy atom. The summed E-state index contributed by atoms with van der Waals surface area (Å²) in [6, 6.07) is 7.86. The average molecular weight is 219 g/mol. The number of benzene rings is 1. The van der Waals surface area contributed by atoms with Gasteiger partial charge in [-0.05, 0) is 37.1 Å². The number of rotatable bonds is 3. The zero-order chi connectivity index (χ0) is 11.2. The summed E-state index contributed by atoms with van der Waals surface area (Å²) in [4.78, 5) is 12.4. The van der Waals surface area contributed by atoms with Crippen LogP contribution in [0.5, 0.6) is 0 Å². The van der Waals surface area contributed by atoms with Gasteiger partial charge in [-0.15, -0.1) is 4.91 Å². The molecule has 0 saturated carbocycles. The van der Waals surface area contributed by atoms with Gasteiger partial charge in [0, 0.05) is 18.8 Å². The highest BCUT2D eigenvalue weighted by Gasteiger charge is 2.09. The van der Waals surface area contributed by atoms with Gasteiger partial charge in [0.15, 0.2) is 0 Å². The zero-order valence-electron chi connectivity index (χ0n) is 9.35. The number of anilines is 2. The monoisotopic (exact) mass is 219 g/mol. The summed E-state index contributed by atoms with van der Waals surface area (Å²) in [5, 5.41) is 2.65. The summed E-state index contributed by atoms with van der Waals surface area (Å²) >= 11 is 0. The van der Waals surface area contributed by atoms with Crippen LogP contribution in [0.15, 0.2) is 29.6 Å². The maximum Gasteiger partial charge on any atom is 0.0595 e. The van der Waals surface area contributed by atoms with E-state index in [1.54, 1.807) is 0 Å². The third kappa shape index (κ3) is 2.72. The van der Waals surface area contributed by atoms with Gasteiger partial charge in [-0.3, -0.25) is 0 Å². The van der Waals surface area contributed by atoms with Crippen molar-refractivity contribution in [1.29, 1.82) is 0 Å². The van der Waals surface area contributed by atoms with Crippen LogP contribution in [-0.2, 0) is 0 Å². The zero-order valence-corrected chi connectivity index (χ0v) is 9.35. The predicted octanol–water partition coefficient (Wildman–Crippen LogP) is 3.16. The van der Waals surface area contributed by atoms with Crippen LogP contribution in [0, 0.1) is 4.91 Å². The van der Waals surface area contributed by atoms with Gasteiger partial charge in [-0.25, -0.2) is 5.43 Å². The molecule has 1 heterocycles. The second-order valence-electron chi connectivity index (χ2n) is 4.15. The minimum atomic E-state index is 0.744. The molecule has 1 aromatic rings. The first-order valence-corrected chi connectivity index (χ1v) is 5.83. The predicted molar refractivity (Wildman–Crippen MR) is 66.5 cm³/mol. The van der Waals surface area contributed by atoms with Crippen molar-refractivity contribution in [3.05, 3.63) is 29.2 Å². The molecule has 1 saturated heterocycles. The Balaban J connectivity index is 2.04. The molecule has 2 rings (SSSR count). The third-order valence-corrected chi connectivity index (χ3v) is 3.01. The highest BCUT2D eigenvalue weighted by atomic mass is 16.3. The highest BCUT2D eigenvalue weighted by molar-refractivity contribution is 5.54. The largest absolute Gasteiger partial charge is 0.372 e. The Hall–Kier alpha value is -1.58. The molecule has 0 radical (unpaired) electrons. The number of nitrogens with one attached hydrogen (secondary N) is 1. The second-order valence-corrected chi connectivity index (χ2v) is 4.15. The lowest BCUT2D eigenvalue weighted by Crippen LogP contribution is -2.23. The minimum Gasteiger partial charge on any atom is -0.372 e. The average Bonchev–Trinajstić information content (AvgIpc) is 2.59. The van der Waals surface area contributed by atoms with Gasteiger partial charge in [-0.2, -0.15) is 0 Å². The lowest BCUT2D eigenvalue weighted by molar-refractivity contribution is 0.726. The van der Waals surface area contributed by atoms with Crippen molar-refractivity contribution < 1.29 is 0 Å². The first kappa shape index (κ1) is 10.9. The van der Waals surface area contributed by atoms with Crippen LogP contribution >= 0.6 is 0 Å². The summed E-state index contributed by atoms with van der Waals surface area (Å²) in [5.74, 6) is 0. The first-order valence-electron chi connectivity index (χ1n) is 5.83. The van der Waals surface area contributed by atoms with E-state index < -0.39 is 0 Å². The highest BCUT2D eigenvalue weighted by Crippen LogP contribution is 2.21. The van der Waals surface area contributed by atoms with E-state index in [-0.39, 0.29) is 0 Å². The fourth-order valence-corrected chi connectivity index (χ4v) is 2.13. The molecule has 1 aliphatic rings. The van der Waals surface area contributed by atoms with Crippen LogP contribution < -0.4 is 10.3 Å². The molecule has 0 unspecified atom stereocenters. The van der Waals surface area contributed by atoms with Crippen LogP contribution in [0.2, 0.25) is 0 Å². The minimum absolute atomic E-state index is 0.744. The molecule has 1 fully saturated rings. The Morgan fingerprint density at radius 3 is 2.19 bits per heavy atom. The lowest BCUT2D eigenvalue weighted by Gasteiger charge is -2.22. The molecule has 0 spiro atoms. The molecular weight excluding hydrogens is 202 g/mol. The number of hydrogen-bond acceptors (Lipinski definition) is 3. The molecule has 0 aliphatic carbocycles. The van der Waals surface area contributed by atoms with Gasteiger partial charge >= 0.3 is 0 Å². The van der Waals surface area contributed by atoms with Crippen molar-refractivity contribution >= 4 is 11.4 Å². The maximum atomic E-state index is 10.0. The van der Waals surface area contributed by atoms with Crippen molar-refractivity contribution in [3.8, 4) is 0 Å². The Morgan fingerprint density at radius 1 is 1.00 bits per heavy atom. The van der Waals surface area contributed by atoms with E-state index in [1.165, 1.54) is 31.4 Å². The van der Waals surface area contributed by atoms with Crippen LogP contribution in [0.3, 0.4) is 0 Å². The van der Waals surface area contributed by atoms with Crippen LogP contribution in [-0.4, -0.2) is 13.1 Å². The molecule has 1 aliphatic heterocycles. The molecule has 4 heteroatoms. The summed E-state index contributed by atoms with van der Waals surface area (Å²) in [6.07, 6.45) is 5.22. The molecule has 0 bridgehead atoms. The van der Waals surface area contributed by atoms with Gasteiger partial charge in [0.05, 0.1) is 11.0 Å². The van der Waals surface area contributed by atoms with E-state index in [2.05, 4.69) is 15.6 Å².